The monoisotopic (exact) mass is 341 g/mol. The number of aliphatic carboxylic acids is 1. The number of rotatable bonds is 7. The van der Waals surface area contributed by atoms with Gasteiger partial charge in [-0.15, -0.1) is 0 Å². The Labute approximate surface area is 146 Å². The molecule has 0 aliphatic heterocycles. The zero-order chi connectivity index (χ0) is 18.0. The number of aromatic nitrogens is 2. The molecule has 0 saturated heterocycles. The molecule has 1 aromatic carbocycles. The van der Waals surface area contributed by atoms with Crippen LogP contribution < -0.4 is 5.32 Å². The van der Waals surface area contributed by atoms with Gasteiger partial charge in [-0.25, -0.2) is 9.48 Å². The van der Waals surface area contributed by atoms with Gasteiger partial charge in [0.15, 0.2) is 0 Å². The van der Waals surface area contributed by atoms with Crippen molar-refractivity contribution in [3.8, 4) is 5.69 Å². The van der Waals surface area contributed by atoms with Crippen LogP contribution in [0.1, 0.15) is 55.2 Å². The fourth-order valence-electron chi connectivity index (χ4n) is 2.83. The maximum atomic E-state index is 12.8. The Balaban J connectivity index is 1.89. The standard InChI is InChI=1S/C19H23N3O3/c1-12(2)10-16(19(24)25)20-18(23)17-11-15(13-8-9-13)21-22(17)14-6-4-3-5-7-14/h3-7,11-13,16H,8-10H2,1-2H3,(H,20,23)(H,24,25)/t16-/m1/s1. The Morgan fingerprint density at radius 3 is 2.52 bits per heavy atom. The summed E-state index contributed by atoms with van der Waals surface area (Å²) in [7, 11) is 0. The molecule has 1 atom stereocenters. The Bertz CT molecular complexity index is 763. The van der Waals surface area contributed by atoms with Crippen LogP contribution in [0.5, 0.6) is 0 Å². The molecule has 0 bridgehead atoms. The molecule has 6 nitrogen and oxygen atoms in total. The van der Waals surface area contributed by atoms with Crippen LogP contribution in [-0.4, -0.2) is 32.8 Å². The van der Waals surface area contributed by atoms with E-state index in [1.54, 1.807) is 10.7 Å². The smallest absolute Gasteiger partial charge is 0.326 e. The Morgan fingerprint density at radius 1 is 1.28 bits per heavy atom. The van der Waals surface area contributed by atoms with Gasteiger partial charge < -0.3 is 10.4 Å². The van der Waals surface area contributed by atoms with Crippen LogP contribution in [0.4, 0.5) is 0 Å². The van der Waals surface area contributed by atoms with Crippen LogP contribution in [0, 0.1) is 5.92 Å². The second-order valence-corrected chi connectivity index (χ2v) is 6.97. The molecule has 0 unspecified atom stereocenters. The van der Waals surface area contributed by atoms with E-state index in [1.165, 1.54) is 0 Å². The van der Waals surface area contributed by atoms with Crippen LogP contribution in [0.25, 0.3) is 5.69 Å². The number of hydrogen-bond donors (Lipinski definition) is 2. The van der Waals surface area contributed by atoms with Crippen molar-refractivity contribution in [2.45, 2.75) is 45.1 Å². The average Bonchev–Trinajstić information content (AvgIpc) is 3.33. The molecule has 1 aromatic heterocycles. The van der Waals surface area contributed by atoms with E-state index in [4.69, 9.17) is 0 Å². The van der Waals surface area contributed by atoms with E-state index in [-0.39, 0.29) is 5.92 Å². The number of carbonyl (C=O) groups excluding carboxylic acids is 1. The summed E-state index contributed by atoms with van der Waals surface area (Å²) in [6.07, 6.45) is 2.55. The summed E-state index contributed by atoms with van der Waals surface area (Å²) >= 11 is 0. The van der Waals surface area contributed by atoms with Crippen molar-refractivity contribution >= 4 is 11.9 Å². The summed E-state index contributed by atoms with van der Waals surface area (Å²) in [6.45, 7) is 3.86. The third-order valence-electron chi connectivity index (χ3n) is 4.27. The number of benzene rings is 1. The van der Waals surface area contributed by atoms with Gasteiger partial charge in [-0.2, -0.15) is 5.10 Å². The summed E-state index contributed by atoms with van der Waals surface area (Å²) in [5.74, 6) is -0.851. The molecule has 1 fully saturated rings. The van der Waals surface area contributed by atoms with Crippen molar-refractivity contribution in [3.05, 3.63) is 47.8 Å². The molecule has 3 rings (SSSR count). The maximum Gasteiger partial charge on any atom is 0.326 e. The third kappa shape index (κ3) is 4.07. The molecule has 1 aliphatic rings. The van der Waals surface area contributed by atoms with E-state index in [2.05, 4.69) is 10.4 Å². The maximum absolute atomic E-state index is 12.8. The van der Waals surface area contributed by atoms with Gasteiger partial charge in [0.05, 0.1) is 11.4 Å². The lowest BCUT2D eigenvalue weighted by molar-refractivity contribution is -0.139. The van der Waals surface area contributed by atoms with E-state index in [0.29, 0.717) is 18.0 Å². The van der Waals surface area contributed by atoms with Gasteiger partial charge in [-0.3, -0.25) is 4.79 Å². The number of carboxylic acid groups (broad SMARTS) is 1. The molecule has 25 heavy (non-hydrogen) atoms. The third-order valence-corrected chi connectivity index (χ3v) is 4.27. The quantitative estimate of drug-likeness (QED) is 0.811. The van der Waals surface area contributed by atoms with Crippen LogP contribution >= 0.6 is 0 Å². The van der Waals surface area contributed by atoms with Crippen molar-refractivity contribution in [1.82, 2.24) is 15.1 Å². The molecular weight excluding hydrogens is 318 g/mol. The fourth-order valence-corrected chi connectivity index (χ4v) is 2.83. The summed E-state index contributed by atoms with van der Waals surface area (Å²) in [5.41, 5.74) is 2.06. The molecule has 1 aliphatic carbocycles. The van der Waals surface area contributed by atoms with Crippen LogP contribution in [0.2, 0.25) is 0 Å². The Kier molecular flexibility index (Phi) is 4.88. The lowest BCUT2D eigenvalue weighted by atomic mass is 10.0. The Morgan fingerprint density at radius 2 is 1.96 bits per heavy atom. The van der Waals surface area contributed by atoms with E-state index >= 15 is 0 Å². The molecule has 0 radical (unpaired) electrons. The van der Waals surface area contributed by atoms with Crippen molar-refractivity contribution in [3.63, 3.8) is 0 Å². The highest BCUT2D eigenvalue weighted by Gasteiger charge is 2.30. The van der Waals surface area contributed by atoms with Gasteiger partial charge >= 0.3 is 5.97 Å². The van der Waals surface area contributed by atoms with Crippen molar-refractivity contribution in [2.24, 2.45) is 5.92 Å². The molecule has 1 heterocycles. The summed E-state index contributed by atoms with van der Waals surface area (Å²) in [6, 6.07) is 10.3. The topological polar surface area (TPSA) is 84.2 Å². The van der Waals surface area contributed by atoms with E-state index in [0.717, 1.165) is 24.2 Å². The molecular formula is C19H23N3O3. The number of para-hydroxylation sites is 1. The van der Waals surface area contributed by atoms with E-state index in [1.807, 2.05) is 44.2 Å². The van der Waals surface area contributed by atoms with Gasteiger partial charge in [-0.05, 0) is 43.4 Å². The lowest BCUT2D eigenvalue weighted by Gasteiger charge is -2.16. The first-order chi connectivity index (χ1) is 12.0. The fraction of sp³-hybridized carbons (Fsp3) is 0.421. The van der Waals surface area contributed by atoms with E-state index in [9.17, 15) is 14.7 Å². The summed E-state index contributed by atoms with van der Waals surface area (Å²) in [5, 5.41) is 16.6. The zero-order valence-corrected chi connectivity index (χ0v) is 14.5. The number of hydrogen-bond acceptors (Lipinski definition) is 3. The first kappa shape index (κ1) is 17.2. The van der Waals surface area contributed by atoms with Crippen molar-refractivity contribution in [1.29, 1.82) is 0 Å². The summed E-state index contributed by atoms with van der Waals surface area (Å²) in [4.78, 5) is 24.2. The predicted molar refractivity (Wildman–Crippen MR) is 93.9 cm³/mol. The van der Waals surface area contributed by atoms with Crippen molar-refractivity contribution < 1.29 is 14.7 Å². The molecule has 2 N–H and O–H groups in total. The van der Waals surface area contributed by atoms with Crippen LogP contribution in [-0.2, 0) is 4.79 Å². The molecule has 6 heteroatoms. The predicted octanol–water partition coefficient (Wildman–Crippen LogP) is 2.98. The van der Waals surface area contributed by atoms with Crippen LogP contribution in [0.15, 0.2) is 36.4 Å². The molecule has 1 saturated carbocycles. The SMILES string of the molecule is CC(C)C[C@@H](NC(=O)c1cc(C2CC2)nn1-c1ccccc1)C(=O)O. The number of amides is 1. The largest absolute Gasteiger partial charge is 0.480 e. The molecule has 0 spiro atoms. The van der Waals surface area contributed by atoms with Gasteiger partial charge in [0.25, 0.3) is 5.91 Å². The summed E-state index contributed by atoms with van der Waals surface area (Å²) < 4.78 is 1.61. The second kappa shape index (κ2) is 7.09. The highest BCUT2D eigenvalue weighted by molar-refractivity contribution is 5.95. The zero-order valence-electron chi connectivity index (χ0n) is 14.5. The Hall–Kier alpha value is -2.63. The number of carboxylic acids is 1. The highest BCUT2D eigenvalue weighted by Crippen LogP contribution is 2.39. The lowest BCUT2D eigenvalue weighted by Crippen LogP contribution is -2.42. The number of nitrogens with zero attached hydrogens (tertiary/aromatic N) is 2. The number of carbonyl (C=O) groups is 2. The minimum Gasteiger partial charge on any atom is -0.480 e. The number of nitrogens with one attached hydrogen (secondary N) is 1. The van der Waals surface area contributed by atoms with Crippen LogP contribution in [0.3, 0.4) is 0 Å². The first-order valence-corrected chi connectivity index (χ1v) is 8.64. The molecule has 2 aromatic rings. The minimum atomic E-state index is -1.02. The second-order valence-electron chi connectivity index (χ2n) is 6.97. The minimum absolute atomic E-state index is 0.169. The normalized spacial score (nSPS) is 15.2. The average molecular weight is 341 g/mol. The highest BCUT2D eigenvalue weighted by atomic mass is 16.4. The van der Waals surface area contributed by atoms with E-state index < -0.39 is 17.9 Å². The van der Waals surface area contributed by atoms with Gasteiger partial charge in [0, 0.05) is 5.92 Å². The van der Waals surface area contributed by atoms with Gasteiger partial charge in [-0.1, -0.05) is 32.0 Å². The molecule has 1 amide bonds. The first-order valence-electron chi connectivity index (χ1n) is 8.64. The van der Waals surface area contributed by atoms with Crippen molar-refractivity contribution in [2.75, 3.05) is 0 Å². The van der Waals surface area contributed by atoms with Gasteiger partial charge in [0.2, 0.25) is 0 Å². The molecule has 132 valence electrons. The van der Waals surface area contributed by atoms with Gasteiger partial charge in [0.1, 0.15) is 11.7 Å².